The van der Waals surface area contributed by atoms with E-state index in [2.05, 4.69) is 15.4 Å². The first-order valence-electron chi connectivity index (χ1n) is 12.2. The van der Waals surface area contributed by atoms with Gasteiger partial charge in [0.1, 0.15) is 22.7 Å². The average Bonchev–Trinajstić information content (AvgIpc) is 3.50. The molecule has 0 unspecified atom stereocenters. The fraction of sp³-hybridized carbons (Fsp3) is 0.207. The molecule has 2 N–H and O–H groups in total. The van der Waals surface area contributed by atoms with E-state index in [-0.39, 0.29) is 11.5 Å². The quantitative estimate of drug-likeness (QED) is 0.335. The maximum Gasteiger partial charge on any atom is 0.274 e. The van der Waals surface area contributed by atoms with Gasteiger partial charge in [0.05, 0.1) is 12.7 Å². The molecule has 0 bridgehead atoms. The Balaban J connectivity index is 1.74. The first-order valence-corrected chi connectivity index (χ1v) is 12.2. The highest BCUT2D eigenvalue weighted by Crippen LogP contribution is 2.38. The number of H-pyrrole nitrogens is 1. The molecule has 1 amide bonds. The lowest BCUT2D eigenvalue weighted by Gasteiger charge is -2.15. The molecule has 0 aliphatic rings. The lowest BCUT2D eigenvalue weighted by Crippen LogP contribution is -2.23. The number of carbonyl (C=O) groups excluding carboxylic acids is 1. The maximum absolute atomic E-state index is 13.0. The van der Waals surface area contributed by atoms with Gasteiger partial charge in [-0.1, -0.05) is 48.5 Å². The second-order valence-electron chi connectivity index (χ2n) is 9.11. The van der Waals surface area contributed by atoms with E-state index in [4.69, 9.17) is 4.74 Å². The van der Waals surface area contributed by atoms with Gasteiger partial charge in [-0.05, 0) is 43.5 Å². The summed E-state index contributed by atoms with van der Waals surface area (Å²) >= 11 is 0. The monoisotopic (exact) mass is 495 g/mol. The topological polar surface area (TPSA) is 93.9 Å². The number of carbonyl (C=O) groups is 1. The first-order chi connectivity index (χ1) is 17.9. The summed E-state index contributed by atoms with van der Waals surface area (Å²) in [6, 6.07) is 17.8. The number of amides is 1. The predicted octanol–water partition coefficient (Wildman–Crippen LogP) is 4.94. The zero-order valence-electron chi connectivity index (χ0n) is 21.3. The van der Waals surface area contributed by atoms with Gasteiger partial charge in [0.2, 0.25) is 0 Å². The SMILES string of the molecule is CCNC(=O)c1cc2c(-c3c(Oc4c(C)cccc4C)cnn3Cc3ccccc3)cn(C)c(=O)c2[nH]1. The molecule has 0 fully saturated rings. The van der Waals surface area contributed by atoms with Crippen molar-refractivity contribution in [3.63, 3.8) is 0 Å². The van der Waals surface area contributed by atoms with Crippen molar-refractivity contribution in [1.82, 2.24) is 24.6 Å². The largest absolute Gasteiger partial charge is 0.453 e. The van der Waals surface area contributed by atoms with Crippen molar-refractivity contribution >= 4 is 16.8 Å². The summed E-state index contributed by atoms with van der Waals surface area (Å²) in [7, 11) is 1.70. The Morgan fingerprint density at radius 3 is 2.51 bits per heavy atom. The van der Waals surface area contributed by atoms with Crippen molar-refractivity contribution in [2.75, 3.05) is 6.54 Å². The van der Waals surface area contributed by atoms with Gasteiger partial charge in [-0.25, -0.2) is 0 Å². The van der Waals surface area contributed by atoms with E-state index >= 15 is 0 Å². The number of pyridine rings is 1. The summed E-state index contributed by atoms with van der Waals surface area (Å²) < 4.78 is 9.88. The third-order valence-corrected chi connectivity index (χ3v) is 6.40. The Bertz CT molecular complexity index is 1640. The molecule has 0 aliphatic heterocycles. The van der Waals surface area contributed by atoms with Crippen LogP contribution in [0.4, 0.5) is 0 Å². The fourth-order valence-electron chi connectivity index (χ4n) is 4.56. The van der Waals surface area contributed by atoms with E-state index in [9.17, 15) is 9.59 Å². The van der Waals surface area contributed by atoms with Crippen LogP contribution in [0.2, 0.25) is 0 Å². The minimum Gasteiger partial charge on any atom is -0.453 e. The number of hydrogen-bond donors (Lipinski definition) is 2. The molecule has 0 radical (unpaired) electrons. The van der Waals surface area contributed by atoms with Crippen LogP contribution in [0.1, 0.15) is 34.1 Å². The van der Waals surface area contributed by atoms with E-state index < -0.39 is 0 Å². The third kappa shape index (κ3) is 4.53. The molecular formula is C29H29N5O3. The molecule has 3 aromatic heterocycles. The Morgan fingerprint density at radius 1 is 1.08 bits per heavy atom. The number of ether oxygens (including phenoxy) is 1. The second kappa shape index (κ2) is 9.81. The average molecular weight is 496 g/mol. The molecule has 188 valence electrons. The molecular weight excluding hydrogens is 466 g/mol. The van der Waals surface area contributed by atoms with Gasteiger partial charge < -0.3 is 19.6 Å². The van der Waals surface area contributed by atoms with Crippen LogP contribution in [0.5, 0.6) is 11.5 Å². The molecule has 0 saturated heterocycles. The first kappa shape index (κ1) is 24.1. The molecule has 5 aromatic rings. The number of hydrogen-bond acceptors (Lipinski definition) is 4. The standard InChI is InChI=1S/C29H29N5O3/c1-5-30-28(35)23-14-21-22(17-33(4)29(36)25(21)32-23)26-24(37-27-18(2)10-9-11-19(27)3)15-31-34(26)16-20-12-7-6-8-13-20/h6-15,17,32H,5,16H2,1-4H3,(H,30,35). The molecule has 8 heteroatoms. The van der Waals surface area contributed by atoms with Gasteiger partial charge in [0, 0.05) is 30.7 Å². The van der Waals surface area contributed by atoms with Crippen molar-refractivity contribution < 1.29 is 9.53 Å². The molecule has 0 spiro atoms. The van der Waals surface area contributed by atoms with E-state index in [1.165, 1.54) is 4.57 Å². The summed E-state index contributed by atoms with van der Waals surface area (Å²) in [5.41, 5.74) is 5.00. The highest BCUT2D eigenvalue weighted by molar-refractivity contribution is 6.02. The van der Waals surface area contributed by atoms with Gasteiger partial charge in [-0.2, -0.15) is 5.10 Å². The predicted molar refractivity (Wildman–Crippen MR) is 144 cm³/mol. The minimum atomic E-state index is -0.267. The molecule has 0 aliphatic carbocycles. The number of aromatic amines is 1. The van der Waals surface area contributed by atoms with E-state index in [1.54, 1.807) is 25.5 Å². The highest BCUT2D eigenvalue weighted by atomic mass is 16.5. The minimum absolute atomic E-state index is 0.222. The smallest absolute Gasteiger partial charge is 0.274 e. The molecule has 8 nitrogen and oxygen atoms in total. The van der Waals surface area contributed by atoms with E-state index in [0.29, 0.717) is 41.1 Å². The van der Waals surface area contributed by atoms with Crippen LogP contribution in [-0.4, -0.2) is 31.8 Å². The molecule has 0 atom stereocenters. The second-order valence-corrected chi connectivity index (χ2v) is 9.11. The maximum atomic E-state index is 13.0. The number of aryl methyl sites for hydroxylation is 3. The van der Waals surface area contributed by atoms with Crippen molar-refractivity contribution in [3.8, 4) is 22.8 Å². The van der Waals surface area contributed by atoms with Crippen LogP contribution in [0.25, 0.3) is 22.2 Å². The van der Waals surface area contributed by atoms with Crippen LogP contribution < -0.4 is 15.6 Å². The number of fused-ring (bicyclic) bond motifs is 1. The van der Waals surface area contributed by atoms with Crippen LogP contribution in [0.15, 0.2) is 71.8 Å². The van der Waals surface area contributed by atoms with Crippen LogP contribution in [0.3, 0.4) is 0 Å². The van der Waals surface area contributed by atoms with Gasteiger partial charge in [-0.3, -0.25) is 14.3 Å². The number of nitrogens with zero attached hydrogens (tertiary/aromatic N) is 3. The normalized spacial score (nSPS) is 11.1. The molecule has 37 heavy (non-hydrogen) atoms. The lowest BCUT2D eigenvalue weighted by atomic mass is 10.1. The van der Waals surface area contributed by atoms with Gasteiger partial charge in [0.25, 0.3) is 11.5 Å². The zero-order valence-corrected chi connectivity index (χ0v) is 21.3. The number of aromatic nitrogens is 4. The Labute approximate surface area is 214 Å². The lowest BCUT2D eigenvalue weighted by molar-refractivity contribution is 0.0951. The number of para-hydroxylation sites is 1. The van der Waals surface area contributed by atoms with Crippen molar-refractivity contribution in [2.24, 2.45) is 7.05 Å². The Morgan fingerprint density at radius 2 is 1.81 bits per heavy atom. The summed E-state index contributed by atoms with van der Waals surface area (Å²) in [6.45, 7) is 6.85. The van der Waals surface area contributed by atoms with E-state index in [0.717, 1.165) is 28.0 Å². The summed E-state index contributed by atoms with van der Waals surface area (Å²) in [5, 5.41) is 8.11. The fourth-order valence-corrected chi connectivity index (χ4v) is 4.56. The van der Waals surface area contributed by atoms with Crippen LogP contribution >= 0.6 is 0 Å². The van der Waals surface area contributed by atoms with Gasteiger partial charge >= 0.3 is 0 Å². The zero-order chi connectivity index (χ0) is 26.1. The van der Waals surface area contributed by atoms with Crippen LogP contribution in [0, 0.1) is 13.8 Å². The van der Waals surface area contributed by atoms with Gasteiger partial charge in [0.15, 0.2) is 5.75 Å². The molecule has 3 heterocycles. The highest BCUT2D eigenvalue weighted by Gasteiger charge is 2.23. The molecule has 2 aromatic carbocycles. The summed E-state index contributed by atoms with van der Waals surface area (Å²) in [5.74, 6) is 1.06. The van der Waals surface area contributed by atoms with Gasteiger partial charge in [-0.15, -0.1) is 0 Å². The Kier molecular flexibility index (Phi) is 6.40. The van der Waals surface area contributed by atoms with Crippen molar-refractivity contribution in [2.45, 2.75) is 27.3 Å². The number of benzene rings is 2. The van der Waals surface area contributed by atoms with Crippen molar-refractivity contribution in [1.29, 1.82) is 0 Å². The van der Waals surface area contributed by atoms with Crippen molar-refractivity contribution in [3.05, 3.63) is 99.7 Å². The van der Waals surface area contributed by atoms with E-state index in [1.807, 2.05) is 74.0 Å². The molecule has 0 saturated carbocycles. The Hall–Kier alpha value is -4.59. The number of nitrogens with one attached hydrogen (secondary N) is 2. The molecule has 5 rings (SSSR count). The number of rotatable bonds is 7. The van der Waals surface area contributed by atoms with Crippen LogP contribution in [-0.2, 0) is 13.6 Å². The summed E-state index contributed by atoms with van der Waals surface area (Å²) in [6.07, 6.45) is 3.48. The summed E-state index contributed by atoms with van der Waals surface area (Å²) in [4.78, 5) is 28.7. The third-order valence-electron chi connectivity index (χ3n) is 6.40.